The Hall–Kier alpha value is -2.58. The molecule has 4 rings (SSSR count). The highest BCUT2D eigenvalue weighted by Gasteiger charge is 2.54. The van der Waals surface area contributed by atoms with Crippen molar-refractivity contribution in [1.82, 2.24) is 24.9 Å². The average molecular weight is 460 g/mol. The molecule has 9 heteroatoms. The first-order valence-electron chi connectivity index (χ1n) is 10.9. The number of urea groups is 1. The van der Waals surface area contributed by atoms with Gasteiger partial charge in [-0.3, -0.25) is 19.3 Å². The van der Waals surface area contributed by atoms with E-state index in [1.54, 1.807) is 18.8 Å². The lowest BCUT2D eigenvalue weighted by Gasteiger charge is -2.41. The van der Waals surface area contributed by atoms with Gasteiger partial charge in [-0.2, -0.15) is 5.10 Å². The van der Waals surface area contributed by atoms with E-state index in [1.807, 2.05) is 38.2 Å². The fraction of sp³-hybridized carbons (Fsp3) is 0.522. The highest BCUT2D eigenvalue weighted by atomic mass is 35.5. The molecule has 1 atom stereocenters. The van der Waals surface area contributed by atoms with Crippen LogP contribution in [0.4, 0.5) is 4.79 Å². The number of likely N-dealkylation sites (tertiary alicyclic amines) is 1. The number of hydrogen-bond acceptors (Lipinski definition) is 5. The Morgan fingerprint density at radius 2 is 1.97 bits per heavy atom. The number of imide groups is 1. The molecule has 1 aromatic carbocycles. The van der Waals surface area contributed by atoms with Crippen LogP contribution in [0.1, 0.15) is 29.7 Å². The minimum atomic E-state index is -0.938. The molecule has 2 fully saturated rings. The Morgan fingerprint density at radius 3 is 2.53 bits per heavy atom. The van der Waals surface area contributed by atoms with Crippen molar-refractivity contribution >= 4 is 23.5 Å². The largest absolute Gasteiger partial charge is 0.497 e. The fourth-order valence-electron chi connectivity index (χ4n) is 5.03. The highest BCUT2D eigenvalue weighted by Crippen LogP contribution is 2.37. The summed E-state index contributed by atoms with van der Waals surface area (Å²) in [5.41, 5.74) is 2.01. The molecule has 1 aromatic heterocycles. The lowest BCUT2D eigenvalue weighted by Crippen LogP contribution is -2.57. The Bertz CT molecular complexity index is 1030. The van der Waals surface area contributed by atoms with Gasteiger partial charge in [0.1, 0.15) is 16.4 Å². The number of methoxy groups -OCH3 is 1. The van der Waals surface area contributed by atoms with E-state index in [0.29, 0.717) is 11.6 Å². The SMILES string of the molecule is COc1cccc(CC2(C3CCN(Cc4c(C)nn(C)c4Cl)CC3)NC(=O)N(C)C2=O)c1. The van der Waals surface area contributed by atoms with Crippen molar-refractivity contribution in [2.45, 2.75) is 38.3 Å². The molecule has 3 amide bonds. The molecule has 0 saturated carbocycles. The molecule has 2 aromatic rings. The zero-order valence-electron chi connectivity index (χ0n) is 19.0. The number of benzene rings is 1. The summed E-state index contributed by atoms with van der Waals surface area (Å²) in [7, 11) is 5.02. The quantitative estimate of drug-likeness (QED) is 0.672. The number of aromatic nitrogens is 2. The Labute approximate surface area is 193 Å². The molecule has 0 spiro atoms. The van der Waals surface area contributed by atoms with Crippen LogP contribution in [0.3, 0.4) is 0 Å². The van der Waals surface area contributed by atoms with Gasteiger partial charge < -0.3 is 10.1 Å². The monoisotopic (exact) mass is 459 g/mol. The van der Waals surface area contributed by atoms with Gasteiger partial charge in [0, 0.05) is 32.6 Å². The molecule has 3 heterocycles. The third kappa shape index (κ3) is 3.97. The van der Waals surface area contributed by atoms with E-state index in [0.717, 1.165) is 55.0 Å². The van der Waals surface area contributed by atoms with Crippen LogP contribution in [0.2, 0.25) is 5.15 Å². The molecule has 2 saturated heterocycles. The van der Waals surface area contributed by atoms with E-state index in [2.05, 4.69) is 15.3 Å². The van der Waals surface area contributed by atoms with Crippen LogP contribution in [0.15, 0.2) is 24.3 Å². The third-order valence-corrected chi connectivity index (χ3v) is 7.35. The van der Waals surface area contributed by atoms with Crippen LogP contribution in [-0.2, 0) is 24.8 Å². The molecule has 2 aliphatic heterocycles. The third-order valence-electron chi connectivity index (χ3n) is 6.87. The van der Waals surface area contributed by atoms with E-state index >= 15 is 0 Å². The molecule has 0 aliphatic carbocycles. The number of amides is 3. The van der Waals surface area contributed by atoms with Crippen LogP contribution in [-0.4, -0.2) is 64.3 Å². The van der Waals surface area contributed by atoms with Crippen molar-refractivity contribution < 1.29 is 14.3 Å². The second-order valence-corrected chi connectivity index (χ2v) is 9.18. The average Bonchev–Trinajstić information content (AvgIpc) is 3.16. The van der Waals surface area contributed by atoms with Gasteiger partial charge in [-0.1, -0.05) is 23.7 Å². The lowest BCUT2D eigenvalue weighted by atomic mass is 9.74. The topological polar surface area (TPSA) is 79.7 Å². The predicted octanol–water partition coefficient (Wildman–Crippen LogP) is 2.77. The van der Waals surface area contributed by atoms with Gasteiger partial charge in [0.2, 0.25) is 0 Å². The van der Waals surface area contributed by atoms with E-state index in [4.69, 9.17) is 16.3 Å². The van der Waals surface area contributed by atoms with Gasteiger partial charge >= 0.3 is 6.03 Å². The number of rotatable bonds is 6. The van der Waals surface area contributed by atoms with Crippen molar-refractivity contribution in [1.29, 1.82) is 0 Å². The van der Waals surface area contributed by atoms with E-state index in [9.17, 15) is 9.59 Å². The molecule has 2 aliphatic rings. The first-order valence-corrected chi connectivity index (χ1v) is 11.3. The smallest absolute Gasteiger partial charge is 0.324 e. The van der Waals surface area contributed by atoms with Crippen molar-refractivity contribution in [3.8, 4) is 5.75 Å². The Balaban J connectivity index is 1.53. The van der Waals surface area contributed by atoms with Crippen molar-refractivity contribution in [3.63, 3.8) is 0 Å². The molecule has 0 radical (unpaired) electrons. The summed E-state index contributed by atoms with van der Waals surface area (Å²) in [6.45, 7) is 4.35. The number of halogens is 1. The van der Waals surface area contributed by atoms with Crippen LogP contribution >= 0.6 is 11.6 Å². The normalized spacial score (nSPS) is 22.5. The van der Waals surface area contributed by atoms with Crippen molar-refractivity contribution in [3.05, 3.63) is 46.2 Å². The molecule has 0 bridgehead atoms. The number of carbonyl (C=O) groups excluding carboxylic acids is 2. The van der Waals surface area contributed by atoms with Gasteiger partial charge in [0.25, 0.3) is 5.91 Å². The standard InChI is InChI=1S/C23H30ClN5O3/c1-15-19(20(24)28(3)26-15)14-29-10-8-17(9-11-29)23(21(30)27(2)22(31)25-23)13-16-6-5-7-18(12-16)32-4/h5-7,12,17H,8-11,13-14H2,1-4H3,(H,25,31). The maximum absolute atomic E-state index is 13.3. The van der Waals surface area contributed by atoms with Crippen LogP contribution in [0.25, 0.3) is 0 Å². The molecule has 8 nitrogen and oxygen atoms in total. The number of carbonyl (C=O) groups is 2. The number of ether oxygens (including phenoxy) is 1. The number of nitrogens with one attached hydrogen (secondary N) is 1. The number of aryl methyl sites for hydroxylation is 2. The number of hydrogen-bond donors (Lipinski definition) is 1. The molecule has 1 unspecified atom stereocenters. The Kier molecular flexibility index (Phi) is 6.18. The summed E-state index contributed by atoms with van der Waals surface area (Å²) in [4.78, 5) is 29.4. The predicted molar refractivity (Wildman–Crippen MR) is 122 cm³/mol. The number of piperidine rings is 1. The first kappa shape index (κ1) is 22.6. The summed E-state index contributed by atoms with van der Waals surface area (Å²) in [5.74, 6) is 0.619. The summed E-state index contributed by atoms with van der Waals surface area (Å²) in [6.07, 6.45) is 2.05. The van der Waals surface area contributed by atoms with Crippen LogP contribution in [0.5, 0.6) is 5.75 Å². The second kappa shape index (κ2) is 8.75. The van der Waals surface area contributed by atoms with Crippen LogP contribution in [0, 0.1) is 12.8 Å². The fourth-order valence-corrected chi connectivity index (χ4v) is 5.26. The summed E-state index contributed by atoms with van der Waals surface area (Å²) in [6, 6.07) is 7.36. The van der Waals surface area contributed by atoms with E-state index in [1.165, 1.54) is 4.90 Å². The van der Waals surface area contributed by atoms with Crippen molar-refractivity contribution in [2.75, 3.05) is 27.2 Å². The van der Waals surface area contributed by atoms with E-state index < -0.39 is 5.54 Å². The molecular formula is C23H30ClN5O3. The van der Waals surface area contributed by atoms with Crippen molar-refractivity contribution in [2.24, 2.45) is 13.0 Å². The van der Waals surface area contributed by atoms with Gasteiger partial charge in [-0.05, 0) is 56.5 Å². The zero-order valence-corrected chi connectivity index (χ0v) is 19.8. The molecular weight excluding hydrogens is 430 g/mol. The van der Waals surface area contributed by atoms with Gasteiger partial charge in [0.05, 0.1) is 12.8 Å². The Morgan fingerprint density at radius 1 is 1.25 bits per heavy atom. The molecule has 1 N–H and O–H groups in total. The number of nitrogens with zero attached hydrogens (tertiary/aromatic N) is 4. The minimum Gasteiger partial charge on any atom is -0.497 e. The summed E-state index contributed by atoms with van der Waals surface area (Å²) >= 11 is 6.42. The lowest BCUT2D eigenvalue weighted by molar-refractivity contribution is -0.133. The zero-order chi connectivity index (χ0) is 23.0. The van der Waals surface area contributed by atoms with Gasteiger partial charge in [-0.25, -0.2) is 4.79 Å². The first-order chi connectivity index (χ1) is 15.2. The van der Waals surface area contributed by atoms with Crippen LogP contribution < -0.4 is 10.1 Å². The van der Waals surface area contributed by atoms with Gasteiger partial charge in [0.15, 0.2) is 0 Å². The maximum atomic E-state index is 13.3. The van der Waals surface area contributed by atoms with E-state index in [-0.39, 0.29) is 17.9 Å². The minimum absolute atomic E-state index is 0.0387. The maximum Gasteiger partial charge on any atom is 0.324 e. The molecule has 172 valence electrons. The van der Waals surface area contributed by atoms with Gasteiger partial charge in [-0.15, -0.1) is 0 Å². The summed E-state index contributed by atoms with van der Waals surface area (Å²) in [5, 5.41) is 8.12. The number of likely N-dealkylation sites (N-methyl/N-ethyl adjacent to an activating group) is 1. The second-order valence-electron chi connectivity index (χ2n) is 8.82. The highest BCUT2D eigenvalue weighted by molar-refractivity contribution is 6.30. The summed E-state index contributed by atoms with van der Waals surface area (Å²) < 4.78 is 7.05. The molecule has 32 heavy (non-hydrogen) atoms.